The highest BCUT2D eigenvalue weighted by Crippen LogP contribution is 2.37. The van der Waals surface area contributed by atoms with Crippen LogP contribution in [0, 0.1) is 0 Å². The second kappa shape index (κ2) is 10.1. The lowest BCUT2D eigenvalue weighted by molar-refractivity contribution is -0.140. The number of aromatic nitrogens is 4. The molecule has 2 aromatic carbocycles. The molecule has 0 atom stereocenters. The Hall–Kier alpha value is -4.65. The molecular formula is C28H25F3N6O4. The number of imidazole rings is 1. The Morgan fingerprint density at radius 2 is 1.88 bits per heavy atom. The van der Waals surface area contributed by atoms with Crippen molar-refractivity contribution >= 4 is 27.8 Å². The predicted octanol–water partition coefficient (Wildman–Crippen LogP) is 4.50. The third kappa shape index (κ3) is 4.61. The quantitative estimate of drug-likeness (QED) is 0.320. The molecule has 0 saturated carbocycles. The maximum Gasteiger partial charge on any atom is 0.433 e. The first kappa shape index (κ1) is 26.6. The number of para-hydroxylation sites is 2. The fourth-order valence-electron chi connectivity index (χ4n) is 5.39. The molecule has 1 saturated heterocycles. The minimum Gasteiger partial charge on any atom is -0.494 e. The number of halogens is 3. The number of H-pyrrole nitrogens is 1. The monoisotopic (exact) mass is 566 g/mol. The van der Waals surface area contributed by atoms with E-state index >= 15 is 0 Å². The minimum absolute atomic E-state index is 0.0187. The average Bonchev–Trinajstić information content (AvgIpc) is 3.56. The van der Waals surface area contributed by atoms with E-state index in [9.17, 15) is 22.8 Å². The number of nitrogens with zero attached hydrogens (tertiary/aromatic N) is 4. The lowest BCUT2D eigenvalue weighted by atomic mass is 10.0. The largest absolute Gasteiger partial charge is 0.494 e. The number of pyridine rings is 1. The van der Waals surface area contributed by atoms with Crippen molar-refractivity contribution < 1.29 is 27.1 Å². The summed E-state index contributed by atoms with van der Waals surface area (Å²) >= 11 is 0. The number of nitrogens with one attached hydrogen (secondary N) is 1. The molecule has 212 valence electrons. The van der Waals surface area contributed by atoms with Crippen molar-refractivity contribution in [3.8, 4) is 17.2 Å². The second-order valence-electron chi connectivity index (χ2n) is 9.74. The number of methoxy groups -OCH3 is 1. The van der Waals surface area contributed by atoms with Gasteiger partial charge in [0.1, 0.15) is 17.0 Å². The van der Waals surface area contributed by atoms with Crippen molar-refractivity contribution in [3.05, 3.63) is 76.2 Å². The van der Waals surface area contributed by atoms with Crippen LogP contribution in [0.1, 0.15) is 40.8 Å². The van der Waals surface area contributed by atoms with Gasteiger partial charge in [0.2, 0.25) is 5.89 Å². The molecule has 0 bridgehead atoms. The number of hydrogen-bond donors (Lipinski definition) is 2. The molecule has 4 heterocycles. The van der Waals surface area contributed by atoms with Crippen molar-refractivity contribution in [2.75, 3.05) is 20.2 Å². The number of piperidine rings is 1. The lowest BCUT2D eigenvalue weighted by Crippen LogP contribution is -2.41. The van der Waals surface area contributed by atoms with Gasteiger partial charge in [-0.2, -0.15) is 13.2 Å². The Kier molecular flexibility index (Phi) is 6.53. The van der Waals surface area contributed by atoms with E-state index in [1.165, 1.54) is 19.2 Å². The van der Waals surface area contributed by atoms with Gasteiger partial charge in [0.05, 0.1) is 24.7 Å². The topological polar surface area (TPSA) is 132 Å². The number of benzene rings is 2. The number of alkyl halides is 3. The van der Waals surface area contributed by atoms with Crippen molar-refractivity contribution in [2.24, 2.45) is 5.73 Å². The Labute approximate surface area is 230 Å². The van der Waals surface area contributed by atoms with Crippen LogP contribution in [0.4, 0.5) is 13.2 Å². The van der Waals surface area contributed by atoms with Gasteiger partial charge in [-0.25, -0.2) is 14.8 Å². The number of amides is 1. The molecule has 1 aliphatic heterocycles. The number of carbonyl (C=O) groups excluding carboxylic acids is 1. The van der Waals surface area contributed by atoms with Crippen LogP contribution >= 0.6 is 0 Å². The zero-order chi connectivity index (χ0) is 28.9. The number of nitrogens with two attached hydrogens (primary N) is 1. The normalized spacial score (nSPS) is 14.7. The van der Waals surface area contributed by atoms with Crippen LogP contribution in [0.2, 0.25) is 0 Å². The van der Waals surface area contributed by atoms with Crippen molar-refractivity contribution in [1.29, 1.82) is 0 Å². The van der Waals surface area contributed by atoms with E-state index in [0.29, 0.717) is 36.9 Å². The average molecular weight is 567 g/mol. The number of carbonyl (C=O) groups is 1. The summed E-state index contributed by atoms with van der Waals surface area (Å²) in [6, 6.07) is 12.6. The van der Waals surface area contributed by atoms with Gasteiger partial charge in [-0.1, -0.05) is 12.1 Å². The molecule has 5 aromatic rings. The number of fused-ring (bicyclic) bond motifs is 2. The SMILES string of the molecule is COc1ccc(-c2nc(C(=O)N3CCC(n4c(=O)[nH]c5ccccc54)CC3)c(CN)o2)c2ccc(C(F)(F)F)nc12. The highest BCUT2D eigenvalue weighted by Gasteiger charge is 2.34. The molecule has 1 aliphatic rings. The summed E-state index contributed by atoms with van der Waals surface area (Å²) in [6.07, 6.45) is -3.52. The zero-order valence-electron chi connectivity index (χ0n) is 21.9. The summed E-state index contributed by atoms with van der Waals surface area (Å²) in [5.41, 5.74) is 6.57. The number of aromatic amines is 1. The fraction of sp³-hybridized carbons (Fsp3) is 0.286. The van der Waals surface area contributed by atoms with E-state index in [0.717, 1.165) is 17.1 Å². The van der Waals surface area contributed by atoms with E-state index < -0.39 is 11.9 Å². The van der Waals surface area contributed by atoms with Gasteiger partial charge < -0.3 is 24.8 Å². The van der Waals surface area contributed by atoms with Gasteiger partial charge in [0, 0.05) is 30.1 Å². The van der Waals surface area contributed by atoms with Crippen LogP contribution in [-0.4, -0.2) is 50.5 Å². The summed E-state index contributed by atoms with van der Waals surface area (Å²) in [5.74, 6) is -0.0403. The second-order valence-corrected chi connectivity index (χ2v) is 9.74. The van der Waals surface area contributed by atoms with Crippen LogP contribution < -0.4 is 16.2 Å². The number of likely N-dealkylation sites (tertiary alicyclic amines) is 1. The third-order valence-corrected chi connectivity index (χ3v) is 7.39. The van der Waals surface area contributed by atoms with Crippen molar-refractivity contribution in [1.82, 2.24) is 24.4 Å². The maximum absolute atomic E-state index is 13.5. The third-order valence-electron chi connectivity index (χ3n) is 7.39. The highest BCUT2D eigenvalue weighted by atomic mass is 19.4. The molecule has 10 nitrogen and oxygen atoms in total. The minimum atomic E-state index is -4.64. The molecule has 41 heavy (non-hydrogen) atoms. The Morgan fingerprint density at radius 3 is 2.59 bits per heavy atom. The fourth-order valence-corrected chi connectivity index (χ4v) is 5.39. The molecule has 13 heteroatoms. The van der Waals surface area contributed by atoms with Gasteiger partial charge in [-0.3, -0.25) is 9.36 Å². The first-order valence-electron chi connectivity index (χ1n) is 12.9. The van der Waals surface area contributed by atoms with Crippen LogP contribution in [-0.2, 0) is 12.7 Å². The Morgan fingerprint density at radius 1 is 1.12 bits per heavy atom. The summed E-state index contributed by atoms with van der Waals surface area (Å²) in [7, 11) is 1.34. The highest BCUT2D eigenvalue weighted by molar-refractivity contribution is 5.98. The van der Waals surface area contributed by atoms with E-state index in [4.69, 9.17) is 14.9 Å². The van der Waals surface area contributed by atoms with E-state index in [2.05, 4.69) is 15.0 Å². The molecule has 0 unspecified atom stereocenters. The van der Waals surface area contributed by atoms with E-state index in [1.807, 2.05) is 24.3 Å². The summed E-state index contributed by atoms with van der Waals surface area (Å²) in [6.45, 7) is 0.661. The molecule has 3 aromatic heterocycles. The Bertz CT molecular complexity index is 1830. The van der Waals surface area contributed by atoms with Gasteiger partial charge in [-0.05, 0) is 49.2 Å². The van der Waals surface area contributed by atoms with Gasteiger partial charge in [-0.15, -0.1) is 0 Å². The summed E-state index contributed by atoms with van der Waals surface area (Å²) < 4.78 is 52.8. The first-order chi connectivity index (χ1) is 19.7. The van der Waals surface area contributed by atoms with Gasteiger partial charge in [0.15, 0.2) is 11.5 Å². The standard InChI is InChI=1S/C28H25F3N6O4/c1-40-20-8-6-17(16-7-9-22(28(29,30)31)34-23(16)20)25-35-24(21(14-32)41-25)26(38)36-12-10-15(11-13-36)37-19-5-3-2-4-18(19)33-27(37)39/h2-9,15H,10-14,32H2,1H3,(H,33,39). The summed E-state index contributed by atoms with van der Waals surface area (Å²) in [5, 5.41) is 0.311. The number of oxazole rings is 1. The van der Waals surface area contributed by atoms with Crippen LogP contribution in [0.25, 0.3) is 33.4 Å². The predicted molar refractivity (Wildman–Crippen MR) is 143 cm³/mol. The first-order valence-corrected chi connectivity index (χ1v) is 12.9. The molecule has 1 amide bonds. The number of hydrogen-bond acceptors (Lipinski definition) is 7. The zero-order valence-corrected chi connectivity index (χ0v) is 21.9. The molecule has 0 aliphatic carbocycles. The molecule has 3 N–H and O–H groups in total. The summed E-state index contributed by atoms with van der Waals surface area (Å²) in [4.78, 5) is 38.9. The van der Waals surface area contributed by atoms with Crippen LogP contribution in [0.5, 0.6) is 5.75 Å². The van der Waals surface area contributed by atoms with Crippen LogP contribution in [0.15, 0.2) is 57.7 Å². The Balaban J connectivity index is 1.29. The number of ether oxygens (including phenoxy) is 1. The van der Waals surface area contributed by atoms with Gasteiger partial charge >= 0.3 is 11.9 Å². The van der Waals surface area contributed by atoms with Gasteiger partial charge in [0.25, 0.3) is 5.91 Å². The molecule has 0 spiro atoms. The van der Waals surface area contributed by atoms with E-state index in [-0.39, 0.29) is 52.8 Å². The van der Waals surface area contributed by atoms with E-state index in [1.54, 1.807) is 15.5 Å². The van der Waals surface area contributed by atoms with Crippen LogP contribution in [0.3, 0.4) is 0 Å². The lowest BCUT2D eigenvalue weighted by Gasteiger charge is -2.32. The number of rotatable bonds is 5. The molecular weight excluding hydrogens is 541 g/mol. The smallest absolute Gasteiger partial charge is 0.433 e. The maximum atomic E-state index is 13.5. The van der Waals surface area contributed by atoms with Crippen molar-refractivity contribution in [3.63, 3.8) is 0 Å². The van der Waals surface area contributed by atoms with Crippen molar-refractivity contribution in [2.45, 2.75) is 31.6 Å². The molecule has 6 rings (SSSR count). The molecule has 0 radical (unpaired) electrons. The molecule has 1 fully saturated rings.